The number of benzene rings is 1. The molecule has 7 heteroatoms. The summed E-state index contributed by atoms with van der Waals surface area (Å²) in [4.78, 5) is 7.28. The molecule has 0 bridgehead atoms. The Morgan fingerprint density at radius 1 is 1.32 bits per heavy atom. The van der Waals surface area contributed by atoms with Crippen molar-refractivity contribution in [3.05, 3.63) is 35.8 Å². The maximum absolute atomic E-state index is 13.3. The van der Waals surface area contributed by atoms with Gasteiger partial charge in [0.2, 0.25) is 0 Å². The fourth-order valence-electron chi connectivity index (χ4n) is 2.17. The minimum atomic E-state index is -0.214. The van der Waals surface area contributed by atoms with Gasteiger partial charge in [0.15, 0.2) is 5.96 Å². The molecule has 5 nitrogen and oxygen atoms in total. The van der Waals surface area contributed by atoms with Gasteiger partial charge in [0, 0.05) is 44.3 Å². The van der Waals surface area contributed by atoms with Crippen molar-refractivity contribution < 1.29 is 9.13 Å². The molecule has 0 saturated heterocycles. The third kappa shape index (κ3) is 5.13. The summed E-state index contributed by atoms with van der Waals surface area (Å²) in [5.41, 5.74) is 2.04. The SMILES string of the molecule is CN=C(NCCOC)NCCc1c[nH]c2ccc(F)cc12.I. The number of aromatic amines is 1. The van der Waals surface area contributed by atoms with E-state index in [1.54, 1.807) is 26.3 Å². The Balaban J connectivity index is 0.00000242. The summed E-state index contributed by atoms with van der Waals surface area (Å²) in [6.07, 6.45) is 2.71. The zero-order valence-electron chi connectivity index (χ0n) is 12.8. The number of aliphatic imine (C=N–C) groups is 1. The van der Waals surface area contributed by atoms with Crippen molar-refractivity contribution in [3.8, 4) is 0 Å². The first kappa shape index (κ1) is 18.7. The number of nitrogens with one attached hydrogen (secondary N) is 3. The van der Waals surface area contributed by atoms with Crippen LogP contribution in [0.3, 0.4) is 0 Å². The van der Waals surface area contributed by atoms with Crippen molar-refractivity contribution in [2.24, 2.45) is 4.99 Å². The zero-order chi connectivity index (χ0) is 15.1. The second-order valence-electron chi connectivity index (χ2n) is 4.67. The van der Waals surface area contributed by atoms with Gasteiger partial charge in [0.1, 0.15) is 5.82 Å². The van der Waals surface area contributed by atoms with Crippen LogP contribution < -0.4 is 10.6 Å². The van der Waals surface area contributed by atoms with Crippen LogP contribution in [-0.4, -0.2) is 44.8 Å². The van der Waals surface area contributed by atoms with Crippen molar-refractivity contribution in [2.45, 2.75) is 6.42 Å². The van der Waals surface area contributed by atoms with Gasteiger partial charge in [-0.1, -0.05) is 0 Å². The topological polar surface area (TPSA) is 61.4 Å². The summed E-state index contributed by atoms with van der Waals surface area (Å²) in [5, 5.41) is 7.29. The first-order valence-corrected chi connectivity index (χ1v) is 6.93. The normalized spacial score (nSPS) is 11.3. The lowest BCUT2D eigenvalue weighted by atomic mass is 10.1. The van der Waals surface area contributed by atoms with Crippen molar-refractivity contribution in [1.29, 1.82) is 0 Å². The quantitative estimate of drug-likeness (QED) is 0.291. The van der Waals surface area contributed by atoms with Crippen LogP contribution in [0.4, 0.5) is 4.39 Å². The average Bonchev–Trinajstić information content (AvgIpc) is 2.88. The Morgan fingerprint density at radius 3 is 2.82 bits per heavy atom. The molecule has 2 aromatic rings. The zero-order valence-corrected chi connectivity index (χ0v) is 15.1. The summed E-state index contributed by atoms with van der Waals surface area (Å²) >= 11 is 0. The molecule has 0 atom stereocenters. The fraction of sp³-hybridized carbons (Fsp3) is 0.400. The van der Waals surface area contributed by atoms with E-state index >= 15 is 0 Å². The largest absolute Gasteiger partial charge is 0.383 e. The molecule has 0 spiro atoms. The Kier molecular flexibility index (Phi) is 8.18. The molecule has 1 aromatic heterocycles. The monoisotopic (exact) mass is 420 g/mol. The number of H-pyrrole nitrogens is 1. The maximum atomic E-state index is 13.3. The summed E-state index contributed by atoms with van der Waals surface area (Å²) in [5.74, 6) is 0.520. The van der Waals surface area contributed by atoms with E-state index in [-0.39, 0.29) is 29.8 Å². The Labute approximate surface area is 146 Å². The van der Waals surface area contributed by atoms with Crippen LogP contribution in [0, 0.1) is 5.82 Å². The Morgan fingerprint density at radius 2 is 2.09 bits per heavy atom. The summed E-state index contributed by atoms with van der Waals surface area (Å²) in [7, 11) is 3.39. The predicted octanol–water partition coefficient (Wildman–Crippen LogP) is 2.28. The molecule has 0 aliphatic carbocycles. The highest BCUT2D eigenvalue weighted by Gasteiger charge is 2.05. The molecule has 0 saturated carbocycles. The highest BCUT2D eigenvalue weighted by molar-refractivity contribution is 14.0. The number of rotatable bonds is 6. The number of halogens is 2. The van der Waals surface area contributed by atoms with Crippen molar-refractivity contribution >= 4 is 40.8 Å². The van der Waals surface area contributed by atoms with Gasteiger partial charge in [-0.3, -0.25) is 4.99 Å². The number of aromatic nitrogens is 1. The van der Waals surface area contributed by atoms with E-state index < -0.39 is 0 Å². The number of hydrogen-bond donors (Lipinski definition) is 3. The van der Waals surface area contributed by atoms with E-state index in [0.717, 1.165) is 35.4 Å². The van der Waals surface area contributed by atoms with Crippen LogP contribution in [0.25, 0.3) is 10.9 Å². The second kappa shape index (κ2) is 9.62. The number of fused-ring (bicyclic) bond motifs is 1. The van der Waals surface area contributed by atoms with E-state index in [2.05, 4.69) is 20.6 Å². The van der Waals surface area contributed by atoms with Gasteiger partial charge in [0.25, 0.3) is 0 Å². The van der Waals surface area contributed by atoms with Crippen molar-refractivity contribution in [3.63, 3.8) is 0 Å². The van der Waals surface area contributed by atoms with Gasteiger partial charge in [-0.05, 0) is 30.2 Å². The molecule has 3 N–H and O–H groups in total. The highest BCUT2D eigenvalue weighted by Crippen LogP contribution is 2.19. The Hall–Kier alpha value is -1.35. The van der Waals surface area contributed by atoms with Crippen LogP contribution in [0.5, 0.6) is 0 Å². The lowest BCUT2D eigenvalue weighted by molar-refractivity contribution is 0.203. The molecule has 0 fully saturated rings. The van der Waals surface area contributed by atoms with Gasteiger partial charge in [0.05, 0.1) is 6.61 Å². The molecule has 2 rings (SSSR count). The summed E-state index contributed by atoms with van der Waals surface area (Å²) in [6.45, 7) is 2.05. The molecule has 1 heterocycles. The highest BCUT2D eigenvalue weighted by atomic mass is 127. The molecular weight excluding hydrogens is 398 g/mol. The first-order valence-electron chi connectivity index (χ1n) is 6.93. The number of hydrogen-bond acceptors (Lipinski definition) is 2. The van der Waals surface area contributed by atoms with Gasteiger partial charge in [-0.25, -0.2) is 4.39 Å². The van der Waals surface area contributed by atoms with Crippen LogP contribution in [0.1, 0.15) is 5.56 Å². The van der Waals surface area contributed by atoms with E-state index in [9.17, 15) is 4.39 Å². The van der Waals surface area contributed by atoms with Gasteiger partial charge < -0.3 is 20.4 Å². The van der Waals surface area contributed by atoms with Gasteiger partial charge in [-0.2, -0.15) is 0 Å². The van der Waals surface area contributed by atoms with Crippen LogP contribution in [0.2, 0.25) is 0 Å². The molecule has 0 aliphatic rings. The fourth-order valence-corrected chi connectivity index (χ4v) is 2.17. The molecule has 22 heavy (non-hydrogen) atoms. The lowest BCUT2D eigenvalue weighted by Gasteiger charge is -2.11. The number of nitrogens with zero attached hydrogens (tertiary/aromatic N) is 1. The van der Waals surface area contributed by atoms with Gasteiger partial charge >= 0.3 is 0 Å². The second-order valence-corrected chi connectivity index (χ2v) is 4.67. The van der Waals surface area contributed by atoms with E-state index in [1.807, 2.05) is 6.20 Å². The van der Waals surface area contributed by atoms with Crippen molar-refractivity contribution in [2.75, 3.05) is 33.9 Å². The van der Waals surface area contributed by atoms with Crippen LogP contribution in [0.15, 0.2) is 29.4 Å². The standard InChI is InChI=1S/C15H21FN4O.HI/c1-17-15(19-7-8-21-2)18-6-5-11-10-20-14-4-3-12(16)9-13(11)14;/h3-4,9-10,20H,5-8H2,1-2H3,(H2,17,18,19);1H. The number of methoxy groups -OCH3 is 1. The number of ether oxygens (including phenoxy) is 1. The van der Waals surface area contributed by atoms with Crippen LogP contribution in [-0.2, 0) is 11.2 Å². The molecule has 0 aliphatic heterocycles. The third-order valence-corrected chi connectivity index (χ3v) is 3.24. The minimum absolute atomic E-state index is 0. The summed E-state index contributed by atoms with van der Waals surface area (Å²) in [6, 6.07) is 4.78. The average molecular weight is 420 g/mol. The van der Waals surface area contributed by atoms with Crippen LogP contribution >= 0.6 is 24.0 Å². The van der Waals surface area contributed by atoms with E-state index in [0.29, 0.717) is 13.2 Å². The van der Waals surface area contributed by atoms with Crippen molar-refractivity contribution in [1.82, 2.24) is 15.6 Å². The van der Waals surface area contributed by atoms with E-state index in [1.165, 1.54) is 6.07 Å². The minimum Gasteiger partial charge on any atom is -0.383 e. The lowest BCUT2D eigenvalue weighted by Crippen LogP contribution is -2.39. The Bertz CT molecular complexity index is 615. The molecule has 122 valence electrons. The molecule has 0 radical (unpaired) electrons. The maximum Gasteiger partial charge on any atom is 0.191 e. The predicted molar refractivity (Wildman–Crippen MR) is 98.6 cm³/mol. The third-order valence-electron chi connectivity index (χ3n) is 3.24. The molecule has 0 unspecified atom stereocenters. The summed E-state index contributed by atoms with van der Waals surface area (Å²) < 4.78 is 18.3. The number of guanidine groups is 1. The molecule has 1 aromatic carbocycles. The van der Waals surface area contributed by atoms with E-state index in [4.69, 9.17) is 4.74 Å². The first-order chi connectivity index (χ1) is 10.2. The molecule has 0 amide bonds. The smallest absolute Gasteiger partial charge is 0.191 e. The molecular formula is C15H22FIN4O. The van der Waals surface area contributed by atoms with Gasteiger partial charge in [-0.15, -0.1) is 24.0 Å².